The van der Waals surface area contributed by atoms with Crippen molar-refractivity contribution in [1.29, 1.82) is 0 Å². The minimum absolute atomic E-state index is 0.494. The molecule has 0 aliphatic rings. The van der Waals surface area contributed by atoms with E-state index in [4.69, 9.17) is 14.7 Å². The second kappa shape index (κ2) is 7.78. The van der Waals surface area contributed by atoms with Crippen LogP contribution in [0.15, 0.2) is 46.9 Å². The summed E-state index contributed by atoms with van der Waals surface area (Å²) in [5, 5.41) is 15.0. The molecule has 6 heteroatoms. The van der Waals surface area contributed by atoms with Gasteiger partial charge < -0.3 is 14.7 Å². The zero-order chi connectivity index (χ0) is 16.7. The quantitative estimate of drug-likeness (QED) is 0.455. The van der Waals surface area contributed by atoms with Crippen LogP contribution >= 0.6 is 11.3 Å². The van der Waals surface area contributed by atoms with E-state index in [2.05, 4.69) is 11.2 Å². The lowest BCUT2D eigenvalue weighted by molar-refractivity contribution is -0.152. The van der Waals surface area contributed by atoms with E-state index in [9.17, 15) is 4.79 Å². The Bertz CT molecular complexity index is 648. The number of hydrogen-bond donors (Lipinski definition) is 1. The van der Waals surface area contributed by atoms with E-state index in [0.29, 0.717) is 12.4 Å². The van der Waals surface area contributed by atoms with Crippen molar-refractivity contribution in [3.8, 4) is 5.75 Å². The molecular formula is C17H19NO4S. The Morgan fingerprint density at radius 3 is 2.65 bits per heavy atom. The number of nitrogens with zero attached hydrogens (tertiary/aromatic N) is 1. The molecule has 1 aromatic carbocycles. The van der Waals surface area contributed by atoms with Crippen LogP contribution in [0.2, 0.25) is 0 Å². The maximum Gasteiger partial charge on any atom is 0.347 e. The Labute approximate surface area is 139 Å². The highest BCUT2D eigenvalue weighted by Gasteiger charge is 2.29. The molecule has 23 heavy (non-hydrogen) atoms. The van der Waals surface area contributed by atoms with Gasteiger partial charge >= 0.3 is 5.97 Å². The van der Waals surface area contributed by atoms with Crippen LogP contribution in [-0.4, -0.2) is 29.5 Å². The molecule has 0 aliphatic heterocycles. The summed E-state index contributed by atoms with van der Waals surface area (Å²) < 4.78 is 5.43. The highest BCUT2D eigenvalue weighted by atomic mass is 32.1. The van der Waals surface area contributed by atoms with Gasteiger partial charge in [-0.1, -0.05) is 11.2 Å². The number of benzene rings is 1. The summed E-state index contributed by atoms with van der Waals surface area (Å²) >= 11 is 1.70. The fourth-order valence-corrected chi connectivity index (χ4v) is 2.40. The topological polar surface area (TPSA) is 68.1 Å². The fraction of sp³-hybridized carbons (Fsp3) is 0.294. The molecule has 0 bridgehead atoms. The second-order valence-electron chi connectivity index (χ2n) is 5.38. The van der Waals surface area contributed by atoms with Crippen molar-refractivity contribution in [3.05, 3.63) is 52.2 Å². The van der Waals surface area contributed by atoms with Crippen molar-refractivity contribution >= 4 is 23.5 Å². The molecule has 1 heterocycles. The third-order valence-corrected chi connectivity index (χ3v) is 4.00. The summed E-state index contributed by atoms with van der Waals surface area (Å²) in [5.74, 6) is -0.518. The number of ether oxygens (including phenoxy) is 1. The minimum Gasteiger partial charge on any atom is -0.478 e. The monoisotopic (exact) mass is 333 g/mol. The van der Waals surface area contributed by atoms with Gasteiger partial charge in [0.05, 0.1) is 6.21 Å². The number of carbonyl (C=O) groups is 1. The summed E-state index contributed by atoms with van der Waals surface area (Å²) in [4.78, 5) is 17.5. The summed E-state index contributed by atoms with van der Waals surface area (Å²) in [5.41, 5.74) is -0.415. The van der Waals surface area contributed by atoms with Crippen molar-refractivity contribution in [1.82, 2.24) is 0 Å². The van der Waals surface area contributed by atoms with Gasteiger partial charge in [0.15, 0.2) is 5.60 Å². The predicted molar refractivity (Wildman–Crippen MR) is 90.4 cm³/mol. The Balaban J connectivity index is 1.80. The third-order valence-electron chi connectivity index (χ3n) is 3.06. The molecule has 0 fully saturated rings. The number of rotatable bonds is 8. The van der Waals surface area contributed by atoms with Crippen LogP contribution in [0, 0.1) is 0 Å². The Kier molecular flexibility index (Phi) is 5.76. The van der Waals surface area contributed by atoms with Crippen molar-refractivity contribution in [3.63, 3.8) is 0 Å². The van der Waals surface area contributed by atoms with Gasteiger partial charge in [-0.15, -0.1) is 11.3 Å². The first kappa shape index (κ1) is 17.0. The Morgan fingerprint density at radius 1 is 1.30 bits per heavy atom. The molecule has 1 N–H and O–H groups in total. The smallest absolute Gasteiger partial charge is 0.347 e. The standard InChI is InChI=1S/C17H19NO4S/c1-17(2,16(19)20)22-14-7-5-13(6-8-14)12-18-21-10-9-15-4-3-11-23-15/h3-8,11-12H,9-10H2,1-2H3,(H,19,20). The number of thiophene rings is 1. The second-order valence-corrected chi connectivity index (χ2v) is 6.42. The van der Waals surface area contributed by atoms with Gasteiger partial charge in [-0.05, 0) is 55.1 Å². The van der Waals surface area contributed by atoms with Crippen molar-refractivity contribution in [2.24, 2.45) is 5.16 Å². The average Bonchev–Trinajstić information content (AvgIpc) is 3.01. The molecule has 5 nitrogen and oxygen atoms in total. The third kappa shape index (κ3) is 5.41. The number of carboxylic acid groups (broad SMARTS) is 1. The largest absolute Gasteiger partial charge is 0.478 e. The Hall–Kier alpha value is -2.34. The number of oxime groups is 1. The van der Waals surface area contributed by atoms with Crippen LogP contribution in [0.25, 0.3) is 0 Å². The van der Waals surface area contributed by atoms with Crippen LogP contribution in [0.1, 0.15) is 24.3 Å². The first-order valence-corrected chi connectivity index (χ1v) is 8.05. The summed E-state index contributed by atoms with van der Waals surface area (Å²) in [6, 6.07) is 11.1. The minimum atomic E-state index is -1.26. The first-order valence-electron chi connectivity index (χ1n) is 7.17. The highest BCUT2D eigenvalue weighted by Crippen LogP contribution is 2.18. The van der Waals surface area contributed by atoms with Gasteiger partial charge in [0, 0.05) is 11.3 Å². The van der Waals surface area contributed by atoms with Crippen LogP contribution in [0.4, 0.5) is 0 Å². The lowest BCUT2D eigenvalue weighted by Crippen LogP contribution is -2.37. The SMILES string of the molecule is CC(C)(Oc1ccc(C=NOCCc2cccs2)cc1)C(=O)O. The van der Waals surface area contributed by atoms with Crippen molar-refractivity contribution in [2.45, 2.75) is 25.9 Å². The van der Waals surface area contributed by atoms with E-state index in [-0.39, 0.29) is 0 Å². The van der Waals surface area contributed by atoms with Gasteiger partial charge in [0.25, 0.3) is 0 Å². The van der Waals surface area contributed by atoms with Crippen LogP contribution in [-0.2, 0) is 16.1 Å². The fourth-order valence-electron chi connectivity index (χ4n) is 1.71. The molecule has 2 rings (SSSR count). The predicted octanol–water partition coefficient (Wildman–Crippen LogP) is 3.58. The summed E-state index contributed by atoms with van der Waals surface area (Å²) in [6.45, 7) is 3.54. The summed E-state index contributed by atoms with van der Waals surface area (Å²) in [6.07, 6.45) is 2.45. The molecule has 0 aliphatic carbocycles. The number of aliphatic carboxylic acids is 1. The molecule has 0 atom stereocenters. The lowest BCUT2D eigenvalue weighted by atomic mass is 10.1. The van der Waals surface area contributed by atoms with Gasteiger partial charge in [0.1, 0.15) is 12.4 Å². The van der Waals surface area contributed by atoms with E-state index in [1.807, 2.05) is 11.4 Å². The normalized spacial score (nSPS) is 11.6. The molecular weight excluding hydrogens is 314 g/mol. The zero-order valence-electron chi connectivity index (χ0n) is 13.1. The van der Waals surface area contributed by atoms with Crippen LogP contribution in [0.3, 0.4) is 0 Å². The van der Waals surface area contributed by atoms with Crippen molar-refractivity contribution in [2.75, 3.05) is 6.61 Å². The van der Waals surface area contributed by atoms with E-state index in [1.54, 1.807) is 41.8 Å². The molecule has 0 unspecified atom stereocenters. The zero-order valence-corrected chi connectivity index (χ0v) is 13.9. The molecule has 122 valence electrons. The van der Waals surface area contributed by atoms with Crippen molar-refractivity contribution < 1.29 is 19.5 Å². The number of carboxylic acids is 1. The van der Waals surface area contributed by atoms with Crippen LogP contribution < -0.4 is 4.74 Å². The lowest BCUT2D eigenvalue weighted by Gasteiger charge is -2.21. The Morgan fingerprint density at radius 2 is 2.04 bits per heavy atom. The molecule has 0 saturated heterocycles. The first-order chi connectivity index (χ1) is 11.0. The van der Waals surface area contributed by atoms with Gasteiger partial charge in [-0.3, -0.25) is 0 Å². The highest BCUT2D eigenvalue weighted by molar-refractivity contribution is 7.09. The molecule has 0 spiro atoms. The van der Waals surface area contributed by atoms with E-state index < -0.39 is 11.6 Å². The molecule has 0 amide bonds. The van der Waals surface area contributed by atoms with Gasteiger partial charge in [-0.2, -0.15) is 0 Å². The molecule has 0 radical (unpaired) electrons. The average molecular weight is 333 g/mol. The van der Waals surface area contributed by atoms with E-state index >= 15 is 0 Å². The molecule has 2 aromatic rings. The molecule has 0 saturated carbocycles. The van der Waals surface area contributed by atoms with Gasteiger partial charge in [0.2, 0.25) is 0 Å². The summed E-state index contributed by atoms with van der Waals surface area (Å²) in [7, 11) is 0. The molecule has 1 aromatic heterocycles. The van der Waals surface area contributed by atoms with Crippen LogP contribution in [0.5, 0.6) is 5.75 Å². The van der Waals surface area contributed by atoms with E-state index in [0.717, 1.165) is 12.0 Å². The number of hydrogen-bond acceptors (Lipinski definition) is 5. The van der Waals surface area contributed by atoms with E-state index in [1.165, 1.54) is 18.7 Å². The maximum atomic E-state index is 11.0. The maximum absolute atomic E-state index is 11.0. The van der Waals surface area contributed by atoms with Gasteiger partial charge in [-0.25, -0.2) is 4.79 Å².